The topological polar surface area (TPSA) is 53.0 Å². The van der Waals surface area contributed by atoms with Crippen molar-refractivity contribution in [2.75, 3.05) is 5.73 Å². The first kappa shape index (κ1) is 12.5. The highest BCUT2D eigenvalue weighted by molar-refractivity contribution is 5.45. The molecule has 4 nitrogen and oxygen atoms in total. The molecule has 0 atom stereocenters. The molecule has 0 fully saturated rings. The summed E-state index contributed by atoms with van der Waals surface area (Å²) in [5, 5.41) is 0. The van der Waals surface area contributed by atoms with Crippen LogP contribution in [-0.2, 0) is 13.0 Å². The van der Waals surface area contributed by atoms with Crippen molar-refractivity contribution in [3.63, 3.8) is 0 Å². The maximum atomic E-state index is 12.3. The zero-order chi connectivity index (χ0) is 13.1. The van der Waals surface area contributed by atoms with Crippen molar-refractivity contribution in [1.29, 1.82) is 0 Å². The quantitative estimate of drug-likeness (QED) is 0.897. The highest BCUT2D eigenvalue weighted by Crippen LogP contribution is 2.15. The number of nitrogens with zero attached hydrogens (tertiary/aromatic N) is 2. The van der Waals surface area contributed by atoms with Crippen molar-refractivity contribution in [2.45, 2.75) is 33.2 Å². The average Bonchev–Trinajstić information content (AvgIpc) is 2.64. The molecule has 2 N–H and O–H groups in total. The summed E-state index contributed by atoms with van der Waals surface area (Å²) in [4.78, 5) is 12.3. The smallest absolute Gasteiger partial charge is 0.294 e. The Morgan fingerprint density at radius 1 is 1.17 bits per heavy atom. The number of benzene rings is 1. The molecule has 0 aliphatic carbocycles. The number of nitrogen functional groups attached to an aromatic ring is 1. The van der Waals surface area contributed by atoms with Gasteiger partial charge < -0.3 is 5.73 Å². The first-order valence-corrected chi connectivity index (χ1v) is 6.36. The molecule has 1 aromatic heterocycles. The van der Waals surface area contributed by atoms with Crippen molar-refractivity contribution in [2.24, 2.45) is 0 Å². The van der Waals surface area contributed by atoms with Crippen LogP contribution in [0.1, 0.15) is 26.0 Å². The summed E-state index contributed by atoms with van der Waals surface area (Å²) in [7, 11) is 0. The van der Waals surface area contributed by atoms with Crippen LogP contribution in [0.25, 0.3) is 5.69 Å². The molecule has 0 radical (unpaired) electrons. The second kappa shape index (κ2) is 5.12. The average molecular weight is 245 g/mol. The summed E-state index contributed by atoms with van der Waals surface area (Å²) in [5.74, 6) is 0. The third-order valence-electron chi connectivity index (χ3n) is 3.07. The van der Waals surface area contributed by atoms with Crippen LogP contribution >= 0.6 is 0 Å². The van der Waals surface area contributed by atoms with Gasteiger partial charge in [0.25, 0.3) is 5.56 Å². The van der Waals surface area contributed by atoms with Crippen LogP contribution in [0.4, 0.5) is 5.69 Å². The van der Waals surface area contributed by atoms with Gasteiger partial charge in [-0.15, -0.1) is 0 Å². The summed E-state index contributed by atoms with van der Waals surface area (Å²) < 4.78 is 3.64. The molecule has 2 aromatic rings. The Bertz CT molecular complexity index is 581. The predicted octanol–water partition coefficient (Wildman–Crippen LogP) is 2.19. The lowest BCUT2D eigenvalue weighted by Crippen LogP contribution is -2.21. The van der Waals surface area contributed by atoms with Gasteiger partial charge in [-0.3, -0.25) is 9.48 Å². The minimum atomic E-state index is -0.119. The zero-order valence-electron chi connectivity index (χ0n) is 10.9. The van der Waals surface area contributed by atoms with Gasteiger partial charge in [-0.1, -0.05) is 31.5 Å². The molecule has 4 heteroatoms. The summed E-state index contributed by atoms with van der Waals surface area (Å²) >= 11 is 0. The Hall–Kier alpha value is -1.97. The van der Waals surface area contributed by atoms with Crippen LogP contribution < -0.4 is 11.3 Å². The molecule has 18 heavy (non-hydrogen) atoms. The van der Waals surface area contributed by atoms with Crippen molar-refractivity contribution in [3.05, 3.63) is 46.4 Å². The fourth-order valence-corrected chi connectivity index (χ4v) is 2.27. The van der Waals surface area contributed by atoms with Crippen LogP contribution in [-0.4, -0.2) is 9.36 Å². The van der Waals surface area contributed by atoms with Gasteiger partial charge in [0.05, 0.1) is 11.4 Å². The van der Waals surface area contributed by atoms with E-state index in [4.69, 9.17) is 5.73 Å². The number of rotatable bonds is 4. The van der Waals surface area contributed by atoms with Gasteiger partial charge in [0.1, 0.15) is 5.69 Å². The number of hydrogen-bond acceptors (Lipinski definition) is 2. The number of para-hydroxylation sites is 1. The van der Waals surface area contributed by atoms with Crippen LogP contribution in [0.2, 0.25) is 0 Å². The maximum absolute atomic E-state index is 12.3. The molecule has 0 saturated heterocycles. The van der Waals surface area contributed by atoms with E-state index in [9.17, 15) is 4.79 Å². The van der Waals surface area contributed by atoms with E-state index in [2.05, 4.69) is 6.92 Å². The molecule has 0 bridgehead atoms. The molecular formula is C14H19N3O. The molecule has 0 unspecified atom stereocenters. The lowest BCUT2D eigenvalue weighted by molar-refractivity contribution is 0.545. The van der Waals surface area contributed by atoms with Gasteiger partial charge in [-0.2, -0.15) is 0 Å². The first-order chi connectivity index (χ1) is 8.70. The fourth-order valence-electron chi connectivity index (χ4n) is 2.27. The highest BCUT2D eigenvalue weighted by Gasteiger charge is 2.16. The molecule has 0 saturated carbocycles. The largest absolute Gasteiger partial charge is 0.393 e. The molecule has 0 amide bonds. The van der Waals surface area contributed by atoms with Crippen LogP contribution in [0, 0.1) is 0 Å². The Morgan fingerprint density at radius 2 is 1.83 bits per heavy atom. The summed E-state index contributed by atoms with van der Waals surface area (Å²) in [6.45, 7) is 4.85. The Morgan fingerprint density at radius 3 is 2.39 bits per heavy atom. The molecule has 0 aliphatic rings. The van der Waals surface area contributed by atoms with E-state index in [1.165, 1.54) is 0 Å². The Kier molecular flexibility index (Phi) is 3.55. The molecule has 1 heterocycles. The molecule has 0 spiro atoms. The van der Waals surface area contributed by atoms with Crippen molar-refractivity contribution in [1.82, 2.24) is 9.36 Å². The minimum absolute atomic E-state index is 0.119. The van der Waals surface area contributed by atoms with Crippen molar-refractivity contribution >= 4 is 5.69 Å². The molecule has 1 aromatic carbocycles. The van der Waals surface area contributed by atoms with E-state index in [-0.39, 0.29) is 5.56 Å². The van der Waals surface area contributed by atoms with Crippen molar-refractivity contribution < 1.29 is 0 Å². The van der Waals surface area contributed by atoms with Crippen LogP contribution in [0.5, 0.6) is 0 Å². The Balaban J connectivity index is 2.68. The van der Waals surface area contributed by atoms with Gasteiger partial charge in [-0.25, -0.2) is 4.68 Å². The van der Waals surface area contributed by atoms with E-state index < -0.39 is 0 Å². The van der Waals surface area contributed by atoms with Crippen LogP contribution in [0.3, 0.4) is 0 Å². The van der Waals surface area contributed by atoms with E-state index in [0.717, 1.165) is 30.8 Å². The normalized spacial score (nSPS) is 10.8. The number of anilines is 1. The number of nitrogens with two attached hydrogens (primary N) is 1. The zero-order valence-corrected chi connectivity index (χ0v) is 10.9. The van der Waals surface area contributed by atoms with Gasteiger partial charge in [-0.05, 0) is 25.5 Å². The Labute approximate surface area is 107 Å². The summed E-state index contributed by atoms with van der Waals surface area (Å²) in [6, 6.07) is 9.62. The fraction of sp³-hybridized carbons (Fsp3) is 0.357. The van der Waals surface area contributed by atoms with Crippen molar-refractivity contribution in [3.8, 4) is 5.69 Å². The van der Waals surface area contributed by atoms with E-state index in [1.807, 2.05) is 41.9 Å². The summed E-state index contributed by atoms with van der Waals surface area (Å²) in [6.07, 6.45) is 1.80. The third-order valence-corrected chi connectivity index (χ3v) is 3.07. The minimum Gasteiger partial charge on any atom is -0.393 e. The molecule has 96 valence electrons. The number of hydrogen-bond donors (Lipinski definition) is 1. The lowest BCUT2D eigenvalue weighted by atomic mass is 10.2. The van der Waals surface area contributed by atoms with E-state index >= 15 is 0 Å². The standard InChI is InChI=1S/C14H19N3O/c1-3-8-12-13(15)14(18)17(16(12)4-2)11-9-6-5-7-10-11/h5-7,9-10H,3-4,8,15H2,1-2H3. The highest BCUT2D eigenvalue weighted by atomic mass is 16.1. The van der Waals surface area contributed by atoms with E-state index in [1.54, 1.807) is 4.68 Å². The SMILES string of the molecule is CCCc1c(N)c(=O)n(-c2ccccc2)n1CC. The van der Waals surface area contributed by atoms with Gasteiger partial charge in [0.2, 0.25) is 0 Å². The number of aromatic nitrogens is 2. The van der Waals surface area contributed by atoms with E-state index in [0.29, 0.717) is 5.69 Å². The van der Waals surface area contributed by atoms with Gasteiger partial charge in [0.15, 0.2) is 0 Å². The molecule has 2 rings (SSSR count). The first-order valence-electron chi connectivity index (χ1n) is 6.36. The second-order valence-electron chi connectivity index (χ2n) is 4.28. The lowest BCUT2D eigenvalue weighted by Gasteiger charge is -2.12. The summed E-state index contributed by atoms with van der Waals surface area (Å²) in [5.41, 5.74) is 8.01. The monoisotopic (exact) mass is 245 g/mol. The third kappa shape index (κ3) is 1.94. The maximum Gasteiger partial charge on any atom is 0.294 e. The van der Waals surface area contributed by atoms with Gasteiger partial charge >= 0.3 is 0 Å². The predicted molar refractivity (Wildman–Crippen MR) is 74.1 cm³/mol. The van der Waals surface area contributed by atoms with Crippen LogP contribution in [0.15, 0.2) is 35.1 Å². The molecule has 0 aliphatic heterocycles. The van der Waals surface area contributed by atoms with Gasteiger partial charge in [0, 0.05) is 6.54 Å². The second-order valence-corrected chi connectivity index (χ2v) is 4.28. The molecular weight excluding hydrogens is 226 g/mol.